The van der Waals surface area contributed by atoms with Crippen LogP contribution in [0.3, 0.4) is 0 Å². The summed E-state index contributed by atoms with van der Waals surface area (Å²) in [4.78, 5) is 16.3. The summed E-state index contributed by atoms with van der Waals surface area (Å²) in [6.07, 6.45) is 2.34. The Hall–Kier alpha value is -1.86. The van der Waals surface area contributed by atoms with Gasteiger partial charge in [-0.05, 0) is 43.5 Å². The molecule has 4 heteroatoms. The summed E-state index contributed by atoms with van der Waals surface area (Å²) in [5.74, 6) is 0.837. The van der Waals surface area contributed by atoms with E-state index in [2.05, 4.69) is 13.0 Å². The third-order valence-corrected chi connectivity index (χ3v) is 3.95. The Kier molecular flexibility index (Phi) is 5.35. The Balaban J connectivity index is 1.84. The maximum Gasteiger partial charge on any atom is 0.236 e. The normalized spacial score (nSPS) is 18.6. The average molecular weight is 285 g/mol. The number of hydrogen-bond donors (Lipinski definition) is 0. The molecule has 1 saturated heterocycles. The second kappa shape index (κ2) is 7.24. The molecule has 1 aromatic rings. The zero-order valence-corrected chi connectivity index (χ0v) is 12.9. The monoisotopic (exact) mass is 285 g/mol. The van der Waals surface area contributed by atoms with Crippen molar-refractivity contribution in [3.8, 4) is 6.07 Å². The minimum absolute atomic E-state index is 0.220. The van der Waals surface area contributed by atoms with Gasteiger partial charge in [-0.1, -0.05) is 19.1 Å². The van der Waals surface area contributed by atoms with Gasteiger partial charge in [-0.2, -0.15) is 5.26 Å². The highest BCUT2D eigenvalue weighted by Gasteiger charge is 2.21. The van der Waals surface area contributed by atoms with Crippen LogP contribution in [0.25, 0.3) is 0 Å². The number of hydrogen-bond acceptors (Lipinski definition) is 3. The quantitative estimate of drug-likeness (QED) is 0.852. The smallest absolute Gasteiger partial charge is 0.236 e. The molecule has 1 atom stereocenters. The summed E-state index contributed by atoms with van der Waals surface area (Å²) in [6, 6.07) is 9.64. The van der Waals surface area contributed by atoms with Gasteiger partial charge >= 0.3 is 0 Å². The highest BCUT2D eigenvalue weighted by atomic mass is 16.2. The first-order valence-electron chi connectivity index (χ1n) is 7.54. The molecule has 1 aliphatic heterocycles. The molecule has 0 saturated carbocycles. The Labute approximate surface area is 127 Å². The Morgan fingerprint density at radius 3 is 2.76 bits per heavy atom. The van der Waals surface area contributed by atoms with E-state index < -0.39 is 0 Å². The van der Waals surface area contributed by atoms with Crippen LogP contribution in [0.1, 0.15) is 30.9 Å². The van der Waals surface area contributed by atoms with Gasteiger partial charge in [0.2, 0.25) is 5.91 Å². The van der Waals surface area contributed by atoms with Crippen molar-refractivity contribution in [2.24, 2.45) is 5.92 Å². The van der Waals surface area contributed by atoms with E-state index in [0.29, 0.717) is 18.0 Å². The number of carbonyl (C=O) groups is 1. The third kappa shape index (κ3) is 4.57. The fraction of sp³-hybridized carbons (Fsp3) is 0.529. The van der Waals surface area contributed by atoms with E-state index in [1.54, 1.807) is 0 Å². The van der Waals surface area contributed by atoms with Crippen LogP contribution in [0.4, 0.5) is 0 Å². The standard InChI is InChI=1S/C17H23N3O/c1-14-4-3-9-20(11-14)17(21)13-19(2)12-16-7-5-15(10-18)6-8-16/h5-8,14H,3-4,9,11-13H2,1-2H3/t14-/m0/s1. The van der Waals surface area contributed by atoms with Crippen molar-refractivity contribution in [1.29, 1.82) is 5.26 Å². The molecule has 0 radical (unpaired) electrons. The summed E-state index contributed by atoms with van der Waals surface area (Å²) >= 11 is 0. The van der Waals surface area contributed by atoms with Gasteiger partial charge in [0.15, 0.2) is 0 Å². The number of likely N-dealkylation sites (N-methyl/N-ethyl adjacent to an activating group) is 1. The van der Waals surface area contributed by atoms with Crippen molar-refractivity contribution in [3.05, 3.63) is 35.4 Å². The van der Waals surface area contributed by atoms with Gasteiger partial charge in [0.05, 0.1) is 18.2 Å². The third-order valence-electron chi connectivity index (χ3n) is 3.95. The van der Waals surface area contributed by atoms with Gasteiger partial charge in [0.25, 0.3) is 0 Å². The van der Waals surface area contributed by atoms with Gasteiger partial charge in [0, 0.05) is 19.6 Å². The van der Waals surface area contributed by atoms with E-state index in [1.807, 2.05) is 41.1 Å². The lowest BCUT2D eigenvalue weighted by Gasteiger charge is -2.32. The molecule has 1 fully saturated rings. The van der Waals surface area contributed by atoms with Crippen LogP contribution in [-0.2, 0) is 11.3 Å². The summed E-state index contributed by atoms with van der Waals surface area (Å²) in [5.41, 5.74) is 1.79. The zero-order chi connectivity index (χ0) is 15.2. The maximum absolute atomic E-state index is 12.3. The van der Waals surface area contributed by atoms with Crippen molar-refractivity contribution in [1.82, 2.24) is 9.80 Å². The minimum atomic E-state index is 0.220. The van der Waals surface area contributed by atoms with Gasteiger partial charge in [-0.25, -0.2) is 0 Å². The molecule has 0 spiro atoms. The van der Waals surface area contributed by atoms with Crippen molar-refractivity contribution in [3.63, 3.8) is 0 Å². The molecule has 1 aromatic carbocycles. The summed E-state index contributed by atoms with van der Waals surface area (Å²) in [5, 5.41) is 8.78. The van der Waals surface area contributed by atoms with Crippen LogP contribution in [0.5, 0.6) is 0 Å². The molecule has 1 heterocycles. The number of nitrogens with zero attached hydrogens (tertiary/aromatic N) is 3. The number of likely N-dealkylation sites (tertiary alicyclic amines) is 1. The minimum Gasteiger partial charge on any atom is -0.341 e. The summed E-state index contributed by atoms with van der Waals surface area (Å²) in [7, 11) is 1.96. The lowest BCUT2D eigenvalue weighted by molar-refractivity contribution is -0.133. The summed E-state index contributed by atoms with van der Waals surface area (Å²) in [6.45, 7) is 5.17. The maximum atomic E-state index is 12.3. The Morgan fingerprint density at radius 2 is 2.14 bits per heavy atom. The molecule has 21 heavy (non-hydrogen) atoms. The fourth-order valence-corrected chi connectivity index (χ4v) is 2.80. The van der Waals surface area contributed by atoms with Gasteiger partial charge in [-0.3, -0.25) is 9.69 Å². The highest BCUT2D eigenvalue weighted by Crippen LogP contribution is 2.15. The van der Waals surface area contributed by atoms with Crippen LogP contribution in [0.15, 0.2) is 24.3 Å². The molecular formula is C17H23N3O. The Morgan fingerprint density at radius 1 is 1.43 bits per heavy atom. The molecule has 4 nitrogen and oxygen atoms in total. The summed E-state index contributed by atoms with van der Waals surface area (Å²) < 4.78 is 0. The van der Waals surface area contributed by atoms with E-state index in [1.165, 1.54) is 6.42 Å². The van der Waals surface area contributed by atoms with Gasteiger partial charge in [-0.15, -0.1) is 0 Å². The van der Waals surface area contributed by atoms with Crippen LogP contribution < -0.4 is 0 Å². The van der Waals surface area contributed by atoms with Crippen LogP contribution in [0.2, 0.25) is 0 Å². The molecular weight excluding hydrogens is 262 g/mol. The van der Waals surface area contributed by atoms with Crippen molar-refractivity contribution in [2.75, 3.05) is 26.7 Å². The molecule has 1 aliphatic rings. The van der Waals surface area contributed by atoms with Crippen LogP contribution in [-0.4, -0.2) is 42.4 Å². The number of carbonyl (C=O) groups excluding carboxylic acids is 1. The first-order valence-corrected chi connectivity index (χ1v) is 7.54. The lowest BCUT2D eigenvalue weighted by atomic mass is 10.0. The molecule has 0 unspecified atom stereocenters. The predicted molar refractivity (Wildman–Crippen MR) is 82.5 cm³/mol. The van der Waals surface area contributed by atoms with Gasteiger partial charge in [0.1, 0.15) is 0 Å². The number of benzene rings is 1. The largest absolute Gasteiger partial charge is 0.341 e. The molecule has 0 bridgehead atoms. The zero-order valence-electron chi connectivity index (χ0n) is 12.9. The van der Waals surface area contributed by atoms with E-state index in [4.69, 9.17) is 5.26 Å². The molecule has 0 aliphatic carbocycles. The van der Waals surface area contributed by atoms with Crippen molar-refractivity contribution >= 4 is 5.91 Å². The molecule has 0 N–H and O–H groups in total. The molecule has 1 amide bonds. The van der Waals surface area contributed by atoms with Gasteiger partial charge < -0.3 is 4.90 Å². The van der Waals surface area contributed by atoms with E-state index >= 15 is 0 Å². The second-order valence-electron chi connectivity index (χ2n) is 6.07. The first kappa shape index (κ1) is 15.5. The predicted octanol–water partition coefficient (Wildman–Crippen LogP) is 2.25. The topological polar surface area (TPSA) is 47.3 Å². The number of rotatable bonds is 4. The fourth-order valence-electron chi connectivity index (χ4n) is 2.80. The lowest BCUT2D eigenvalue weighted by Crippen LogP contribution is -2.43. The van der Waals surface area contributed by atoms with Crippen molar-refractivity contribution < 1.29 is 4.79 Å². The van der Waals surface area contributed by atoms with E-state index in [9.17, 15) is 4.79 Å². The second-order valence-corrected chi connectivity index (χ2v) is 6.07. The molecule has 0 aromatic heterocycles. The number of nitriles is 1. The molecule has 2 rings (SSSR count). The van der Waals surface area contributed by atoms with E-state index in [0.717, 1.165) is 31.6 Å². The number of amides is 1. The average Bonchev–Trinajstić information content (AvgIpc) is 2.48. The Bertz CT molecular complexity index is 518. The number of piperidine rings is 1. The first-order chi connectivity index (χ1) is 10.1. The highest BCUT2D eigenvalue weighted by molar-refractivity contribution is 5.78. The van der Waals surface area contributed by atoms with Crippen LogP contribution in [0, 0.1) is 17.2 Å². The molecule has 112 valence electrons. The SMILES string of the molecule is C[C@H]1CCCN(C(=O)CN(C)Cc2ccc(C#N)cc2)C1. The van der Waals surface area contributed by atoms with Crippen molar-refractivity contribution in [2.45, 2.75) is 26.3 Å². The van der Waals surface area contributed by atoms with Crippen LogP contribution >= 0.6 is 0 Å². The van der Waals surface area contributed by atoms with E-state index in [-0.39, 0.29) is 5.91 Å².